The van der Waals surface area contributed by atoms with E-state index in [-0.39, 0.29) is 12.5 Å². The fourth-order valence-electron chi connectivity index (χ4n) is 1.99. The van der Waals surface area contributed by atoms with Gasteiger partial charge in [0, 0.05) is 6.42 Å². The van der Waals surface area contributed by atoms with E-state index in [4.69, 9.17) is 5.11 Å². The molecule has 0 unspecified atom stereocenters. The Kier molecular flexibility index (Phi) is 6.02. The third kappa shape index (κ3) is 4.21. The van der Waals surface area contributed by atoms with Gasteiger partial charge in [-0.25, -0.2) is 4.79 Å². The number of aromatic carboxylic acids is 1. The molecule has 1 aromatic rings. The molecule has 0 aliphatic rings. The first kappa shape index (κ1) is 19.4. The van der Waals surface area contributed by atoms with Crippen LogP contribution in [0, 0.1) is 30.3 Å². The van der Waals surface area contributed by atoms with Crippen molar-refractivity contribution in [2.45, 2.75) is 26.2 Å². The molecule has 0 spiro atoms. The quantitative estimate of drug-likeness (QED) is 0.518. The number of nitro groups is 3. The molecule has 1 aromatic carbocycles. The number of hydrogen-bond acceptors (Lipinski definition) is 8. The first-order valence-electron chi connectivity index (χ1n) is 6.79. The summed E-state index contributed by atoms with van der Waals surface area (Å²) in [4.78, 5) is 52.6. The first-order valence-corrected chi connectivity index (χ1v) is 6.79. The Morgan fingerprint density at radius 3 is 2.04 bits per heavy atom. The minimum Gasteiger partial charge on any atom is -0.477 e. The van der Waals surface area contributed by atoms with Gasteiger partial charge in [0.15, 0.2) is 5.69 Å². The fraction of sp³-hybridized carbons (Fsp3) is 0.333. The number of nitro benzene ring substituents is 3. The second-order valence-electron chi connectivity index (χ2n) is 4.74. The Morgan fingerprint density at radius 1 is 1.08 bits per heavy atom. The summed E-state index contributed by atoms with van der Waals surface area (Å²) in [5.74, 6) is -2.85. The highest BCUT2D eigenvalue weighted by atomic mass is 16.6. The lowest BCUT2D eigenvalue weighted by Gasteiger charge is -2.09. The van der Waals surface area contributed by atoms with E-state index < -0.39 is 55.0 Å². The summed E-state index contributed by atoms with van der Waals surface area (Å²) in [7, 11) is 0. The zero-order valence-electron chi connectivity index (χ0n) is 12.8. The van der Waals surface area contributed by atoms with Crippen LogP contribution in [0.25, 0.3) is 0 Å². The second kappa shape index (κ2) is 7.76. The Morgan fingerprint density at radius 2 is 1.64 bits per heavy atom. The van der Waals surface area contributed by atoms with E-state index in [1.165, 1.54) is 0 Å². The zero-order chi connectivity index (χ0) is 19.3. The van der Waals surface area contributed by atoms with Gasteiger partial charge in [-0.2, -0.15) is 0 Å². The molecular weight excluding hydrogens is 344 g/mol. The maximum Gasteiger partial charge on any atom is 0.350 e. The number of unbranched alkanes of at least 4 members (excludes halogenated alkanes) is 1. The first-order chi connectivity index (χ1) is 11.6. The van der Waals surface area contributed by atoms with Crippen LogP contribution < -0.4 is 5.32 Å². The number of carboxylic acids is 1. The number of carbonyl (C=O) groups is 2. The van der Waals surface area contributed by atoms with E-state index in [1.807, 2.05) is 5.32 Å². The van der Waals surface area contributed by atoms with Crippen molar-refractivity contribution in [3.63, 3.8) is 0 Å². The standard InChI is InChI=1S/C12H12N4O9/c1-2-3-4-8(17)13-10-7(15(22)23)5-6(14(20)21)9(12(18)19)11(10)16(24)25/h5H,2-4H2,1H3,(H,13,17)(H,18,19). The van der Waals surface area contributed by atoms with Crippen LogP contribution in [0.3, 0.4) is 0 Å². The maximum absolute atomic E-state index is 11.8. The number of benzene rings is 1. The average Bonchev–Trinajstić information content (AvgIpc) is 2.50. The number of hydrogen-bond donors (Lipinski definition) is 2. The molecular formula is C12H12N4O9. The summed E-state index contributed by atoms with van der Waals surface area (Å²) in [6.45, 7) is 1.76. The number of carboxylic acid groups (broad SMARTS) is 1. The van der Waals surface area contributed by atoms with Crippen molar-refractivity contribution in [1.82, 2.24) is 0 Å². The van der Waals surface area contributed by atoms with Gasteiger partial charge in [0.05, 0.1) is 20.8 Å². The molecule has 0 fully saturated rings. The van der Waals surface area contributed by atoms with Crippen molar-refractivity contribution in [1.29, 1.82) is 0 Å². The molecule has 1 amide bonds. The number of amides is 1. The van der Waals surface area contributed by atoms with Crippen LogP contribution >= 0.6 is 0 Å². The van der Waals surface area contributed by atoms with Crippen molar-refractivity contribution >= 4 is 34.6 Å². The van der Waals surface area contributed by atoms with Crippen molar-refractivity contribution in [3.05, 3.63) is 42.0 Å². The SMILES string of the molecule is CCCCC(=O)Nc1c([N+](=O)[O-])cc([N+](=O)[O-])c(C(=O)O)c1[N+](=O)[O-]. The van der Waals surface area contributed by atoms with E-state index in [1.54, 1.807) is 6.92 Å². The van der Waals surface area contributed by atoms with Crippen molar-refractivity contribution in [3.8, 4) is 0 Å². The van der Waals surface area contributed by atoms with Gasteiger partial charge in [0.25, 0.3) is 5.69 Å². The Bertz CT molecular complexity index is 774. The van der Waals surface area contributed by atoms with Crippen molar-refractivity contribution < 1.29 is 29.5 Å². The highest BCUT2D eigenvalue weighted by Gasteiger charge is 2.40. The molecule has 1 rings (SSSR count). The average molecular weight is 356 g/mol. The molecule has 0 aromatic heterocycles. The minimum atomic E-state index is -2.03. The number of nitrogens with one attached hydrogen (secondary N) is 1. The van der Waals surface area contributed by atoms with Gasteiger partial charge < -0.3 is 10.4 Å². The number of rotatable bonds is 8. The number of carbonyl (C=O) groups excluding carboxylic acids is 1. The van der Waals surface area contributed by atoms with E-state index in [0.717, 1.165) is 0 Å². The summed E-state index contributed by atoms with van der Waals surface area (Å²) in [5.41, 5.74) is -6.24. The Hall–Kier alpha value is -3.64. The monoisotopic (exact) mass is 356 g/mol. The highest BCUT2D eigenvalue weighted by molar-refractivity contribution is 6.05. The summed E-state index contributed by atoms with van der Waals surface area (Å²) >= 11 is 0. The third-order valence-electron chi connectivity index (χ3n) is 3.07. The van der Waals surface area contributed by atoms with Crippen LogP contribution in [0.5, 0.6) is 0 Å². The lowest BCUT2D eigenvalue weighted by atomic mass is 10.1. The molecule has 2 N–H and O–H groups in total. The third-order valence-corrected chi connectivity index (χ3v) is 3.07. The molecule has 0 aliphatic heterocycles. The Labute approximate surface area is 138 Å². The Balaban J connectivity index is 3.77. The summed E-state index contributed by atoms with van der Waals surface area (Å²) < 4.78 is 0. The van der Waals surface area contributed by atoms with E-state index in [2.05, 4.69) is 0 Å². The fourth-order valence-corrected chi connectivity index (χ4v) is 1.99. The van der Waals surface area contributed by atoms with Gasteiger partial charge in [0.1, 0.15) is 0 Å². The predicted octanol–water partition coefficient (Wildman–Crippen LogP) is 2.24. The van der Waals surface area contributed by atoms with Crippen LogP contribution in [0.2, 0.25) is 0 Å². The molecule has 0 saturated carbocycles. The van der Waals surface area contributed by atoms with Gasteiger partial charge in [-0.3, -0.25) is 35.1 Å². The van der Waals surface area contributed by atoms with E-state index >= 15 is 0 Å². The van der Waals surface area contributed by atoms with Gasteiger partial charge in [-0.05, 0) is 6.42 Å². The molecule has 0 atom stereocenters. The lowest BCUT2D eigenvalue weighted by Crippen LogP contribution is -2.17. The van der Waals surface area contributed by atoms with Crippen LogP contribution in [0.4, 0.5) is 22.7 Å². The molecule has 0 aliphatic carbocycles. The zero-order valence-corrected chi connectivity index (χ0v) is 12.8. The second-order valence-corrected chi connectivity index (χ2v) is 4.74. The van der Waals surface area contributed by atoms with E-state index in [0.29, 0.717) is 12.8 Å². The van der Waals surface area contributed by atoms with Crippen LogP contribution in [-0.2, 0) is 4.79 Å². The maximum atomic E-state index is 11.8. The molecule has 13 heteroatoms. The molecule has 134 valence electrons. The molecule has 0 bridgehead atoms. The normalized spacial score (nSPS) is 10.1. The summed E-state index contributed by atoms with van der Waals surface area (Å²) in [6, 6.07) is 0.270. The topological polar surface area (TPSA) is 196 Å². The number of nitrogens with zero attached hydrogens (tertiary/aromatic N) is 3. The lowest BCUT2D eigenvalue weighted by molar-refractivity contribution is -0.402. The molecule has 0 heterocycles. The smallest absolute Gasteiger partial charge is 0.350 e. The van der Waals surface area contributed by atoms with Crippen molar-refractivity contribution in [2.24, 2.45) is 0 Å². The van der Waals surface area contributed by atoms with Crippen LogP contribution in [0.1, 0.15) is 36.5 Å². The van der Waals surface area contributed by atoms with Crippen LogP contribution in [0.15, 0.2) is 6.07 Å². The molecule has 0 saturated heterocycles. The van der Waals surface area contributed by atoms with Gasteiger partial charge in [-0.1, -0.05) is 13.3 Å². The summed E-state index contributed by atoms with van der Waals surface area (Å²) in [5, 5.41) is 44.3. The largest absolute Gasteiger partial charge is 0.477 e. The van der Waals surface area contributed by atoms with Crippen molar-refractivity contribution in [2.75, 3.05) is 5.32 Å². The molecule has 25 heavy (non-hydrogen) atoms. The van der Waals surface area contributed by atoms with E-state index in [9.17, 15) is 39.9 Å². The highest BCUT2D eigenvalue weighted by Crippen LogP contribution is 2.42. The minimum absolute atomic E-state index is 0.121. The van der Waals surface area contributed by atoms with Crippen LogP contribution in [-0.4, -0.2) is 31.8 Å². The van der Waals surface area contributed by atoms with Gasteiger partial charge >= 0.3 is 17.3 Å². The van der Waals surface area contributed by atoms with Gasteiger partial charge in [-0.15, -0.1) is 0 Å². The summed E-state index contributed by atoms with van der Waals surface area (Å²) in [6.07, 6.45) is 0.856. The molecule has 0 radical (unpaired) electrons. The molecule has 13 nitrogen and oxygen atoms in total. The van der Waals surface area contributed by atoms with Gasteiger partial charge in [0.2, 0.25) is 11.5 Å². The predicted molar refractivity (Wildman–Crippen MR) is 81.5 cm³/mol. The number of anilines is 1.